The predicted octanol–water partition coefficient (Wildman–Crippen LogP) is 4.17. The first kappa shape index (κ1) is 12.7. The Morgan fingerprint density at radius 2 is 2.00 bits per heavy atom. The normalized spacial score (nSPS) is 12.6. The smallest absolute Gasteiger partial charge is 0.0670 e. The van der Waals surface area contributed by atoms with Crippen LogP contribution in [0.1, 0.15) is 23.4 Å². The van der Waals surface area contributed by atoms with Gasteiger partial charge in [-0.15, -0.1) is 23.1 Å². The minimum atomic E-state index is 0.330. The van der Waals surface area contributed by atoms with E-state index >= 15 is 0 Å². The van der Waals surface area contributed by atoms with Crippen LogP contribution in [-0.2, 0) is 0 Å². The van der Waals surface area contributed by atoms with Crippen LogP contribution in [-0.4, -0.2) is 12.8 Å². The predicted molar refractivity (Wildman–Crippen MR) is 78.1 cm³/mol. The van der Waals surface area contributed by atoms with E-state index in [0.717, 1.165) is 6.54 Å². The molecule has 2 aromatic rings. The van der Waals surface area contributed by atoms with Gasteiger partial charge in [0.05, 0.1) is 6.04 Å². The van der Waals surface area contributed by atoms with E-state index in [9.17, 15) is 0 Å². The molecule has 1 heterocycles. The average molecular weight is 263 g/mol. The van der Waals surface area contributed by atoms with Crippen LogP contribution in [0.5, 0.6) is 0 Å². The van der Waals surface area contributed by atoms with Gasteiger partial charge < -0.3 is 5.32 Å². The van der Waals surface area contributed by atoms with E-state index < -0.39 is 0 Å². The monoisotopic (exact) mass is 263 g/mol. The molecule has 1 atom stereocenters. The van der Waals surface area contributed by atoms with Gasteiger partial charge in [-0.25, -0.2) is 0 Å². The Kier molecular flexibility index (Phi) is 4.66. The van der Waals surface area contributed by atoms with E-state index in [4.69, 9.17) is 0 Å². The Morgan fingerprint density at radius 1 is 1.24 bits per heavy atom. The van der Waals surface area contributed by atoms with Crippen molar-refractivity contribution in [1.82, 2.24) is 5.32 Å². The van der Waals surface area contributed by atoms with Crippen LogP contribution >= 0.6 is 23.1 Å². The number of thioether (sulfide) groups is 1. The minimum absolute atomic E-state index is 0.330. The molecule has 90 valence electrons. The van der Waals surface area contributed by atoms with Crippen molar-refractivity contribution in [3.8, 4) is 0 Å². The number of nitrogens with one attached hydrogen (secondary N) is 1. The highest BCUT2D eigenvalue weighted by molar-refractivity contribution is 7.98. The average Bonchev–Trinajstić information content (AvgIpc) is 2.90. The van der Waals surface area contributed by atoms with Gasteiger partial charge in [0.25, 0.3) is 0 Å². The second kappa shape index (κ2) is 6.24. The summed E-state index contributed by atoms with van der Waals surface area (Å²) in [6.07, 6.45) is 2.11. The molecule has 0 aliphatic heterocycles. The summed E-state index contributed by atoms with van der Waals surface area (Å²) in [5.41, 5.74) is 1.34. The second-order valence-corrected chi connectivity index (χ2v) is 5.64. The molecule has 17 heavy (non-hydrogen) atoms. The van der Waals surface area contributed by atoms with Crippen molar-refractivity contribution < 1.29 is 0 Å². The molecular formula is C14H17NS2. The Balaban J connectivity index is 2.26. The van der Waals surface area contributed by atoms with Crippen molar-refractivity contribution in [3.05, 3.63) is 52.2 Å². The Labute approximate surface area is 111 Å². The summed E-state index contributed by atoms with van der Waals surface area (Å²) >= 11 is 3.59. The molecule has 1 unspecified atom stereocenters. The lowest BCUT2D eigenvalue weighted by atomic mass is 10.1. The fourth-order valence-corrected chi connectivity index (χ4v) is 3.07. The molecule has 0 aliphatic carbocycles. The summed E-state index contributed by atoms with van der Waals surface area (Å²) in [6.45, 7) is 3.13. The van der Waals surface area contributed by atoms with Crippen molar-refractivity contribution in [2.45, 2.75) is 17.9 Å². The molecule has 1 aromatic carbocycles. The van der Waals surface area contributed by atoms with Crippen LogP contribution in [0.2, 0.25) is 0 Å². The van der Waals surface area contributed by atoms with Crippen molar-refractivity contribution >= 4 is 23.1 Å². The molecule has 0 amide bonds. The van der Waals surface area contributed by atoms with E-state index in [1.807, 2.05) is 11.3 Å². The maximum atomic E-state index is 3.54. The summed E-state index contributed by atoms with van der Waals surface area (Å²) in [5.74, 6) is 0. The number of hydrogen-bond acceptors (Lipinski definition) is 3. The van der Waals surface area contributed by atoms with E-state index in [2.05, 4.69) is 60.3 Å². The molecule has 0 saturated heterocycles. The Morgan fingerprint density at radius 3 is 2.53 bits per heavy atom. The van der Waals surface area contributed by atoms with Crippen LogP contribution in [0, 0.1) is 0 Å². The first-order valence-corrected chi connectivity index (χ1v) is 7.86. The topological polar surface area (TPSA) is 12.0 Å². The first-order valence-electron chi connectivity index (χ1n) is 5.76. The van der Waals surface area contributed by atoms with E-state index in [1.54, 1.807) is 11.8 Å². The fourth-order valence-electron chi connectivity index (χ4n) is 1.84. The highest BCUT2D eigenvalue weighted by Crippen LogP contribution is 2.27. The van der Waals surface area contributed by atoms with Crippen molar-refractivity contribution in [2.75, 3.05) is 12.8 Å². The third-order valence-corrected chi connectivity index (χ3v) is 4.37. The summed E-state index contributed by atoms with van der Waals surface area (Å²) in [7, 11) is 0. The zero-order valence-electron chi connectivity index (χ0n) is 10.1. The van der Waals surface area contributed by atoms with Crippen molar-refractivity contribution in [1.29, 1.82) is 0 Å². The summed E-state index contributed by atoms with van der Waals surface area (Å²) < 4.78 is 0. The van der Waals surface area contributed by atoms with Crippen LogP contribution in [0.25, 0.3) is 0 Å². The summed E-state index contributed by atoms with van der Waals surface area (Å²) in [5, 5.41) is 5.68. The molecular weight excluding hydrogens is 246 g/mol. The zero-order chi connectivity index (χ0) is 12.1. The lowest BCUT2D eigenvalue weighted by Gasteiger charge is -2.17. The third-order valence-electron chi connectivity index (χ3n) is 2.69. The van der Waals surface area contributed by atoms with Crippen LogP contribution in [0.3, 0.4) is 0 Å². The molecule has 2 rings (SSSR count). The minimum Gasteiger partial charge on any atom is -0.306 e. The van der Waals surface area contributed by atoms with E-state index in [-0.39, 0.29) is 0 Å². The van der Waals surface area contributed by atoms with E-state index in [1.165, 1.54) is 15.3 Å². The van der Waals surface area contributed by atoms with Crippen molar-refractivity contribution in [3.63, 3.8) is 0 Å². The number of benzene rings is 1. The van der Waals surface area contributed by atoms with Gasteiger partial charge in [-0.3, -0.25) is 0 Å². The molecule has 1 nitrogen and oxygen atoms in total. The van der Waals surface area contributed by atoms with Crippen LogP contribution in [0.15, 0.2) is 46.7 Å². The number of hydrogen-bond donors (Lipinski definition) is 1. The van der Waals surface area contributed by atoms with Gasteiger partial charge in [0.2, 0.25) is 0 Å². The van der Waals surface area contributed by atoms with Gasteiger partial charge in [0, 0.05) is 9.77 Å². The summed E-state index contributed by atoms with van der Waals surface area (Å²) in [4.78, 5) is 2.69. The van der Waals surface area contributed by atoms with Gasteiger partial charge >= 0.3 is 0 Å². The van der Waals surface area contributed by atoms with Gasteiger partial charge in [-0.2, -0.15) is 0 Å². The summed E-state index contributed by atoms with van der Waals surface area (Å²) in [6, 6.07) is 13.5. The maximum Gasteiger partial charge on any atom is 0.0670 e. The Bertz CT molecular complexity index is 434. The van der Waals surface area contributed by atoms with Crippen LogP contribution in [0.4, 0.5) is 0 Å². The molecule has 0 saturated carbocycles. The molecule has 0 spiro atoms. The lowest BCUT2D eigenvalue weighted by molar-refractivity contribution is 0.639. The van der Waals surface area contributed by atoms with Gasteiger partial charge in [0.15, 0.2) is 0 Å². The molecule has 0 fully saturated rings. The molecule has 1 aromatic heterocycles. The van der Waals surface area contributed by atoms with Gasteiger partial charge in [0.1, 0.15) is 0 Å². The molecule has 0 aliphatic rings. The quantitative estimate of drug-likeness (QED) is 0.813. The lowest BCUT2D eigenvalue weighted by Crippen LogP contribution is -2.20. The van der Waals surface area contributed by atoms with Crippen molar-refractivity contribution in [2.24, 2.45) is 0 Å². The highest BCUT2D eigenvalue weighted by atomic mass is 32.2. The second-order valence-electron chi connectivity index (χ2n) is 3.78. The standard InChI is InChI=1S/C14H17NS2/c1-3-15-14(13-5-4-10-17-13)11-6-8-12(16-2)9-7-11/h4-10,14-15H,3H2,1-2H3. The molecule has 1 N–H and O–H groups in total. The largest absolute Gasteiger partial charge is 0.306 e. The molecule has 0 bridgehead atoms. The maximum absolute atomic E-state index is 3.54. The Hall–Kier alpha value is -0.770. The molecule has 3 heteroatoms. The third kappa shape index (κ3) is 3.12. The first-order chi connectivity index (χ1) is 8.35. The zero-order valence-corrected chi connectivity index (χ0v) is 11.8. The fraction of sp³-hybridized carbons (Fsp3) is 0.286. The van der Waals surface area contributed by atoms with Gasteiger partial charge in [-0.1, -0.05) is 25.1 Å². The van der Waals surface area contributed by atoms with Gasteiger partial charge in [-0.05, 0) is 41.9 Å². The highest BCUT2D eigenvalue weighted by Gasteiger charge is 2.13. The SMILES string of the molecule is CCNC(c1ccc(SC)cc1)c1cccs1. The molecule has 0 radical (unpaired) electrons. The number of thiophene rings is 1. The number of rotatable bonds is 5. The van der Waals surface area contributed by atoms with Crippen LogP contribution < -0.4 is 5.32 Å². The van der Waals surface area contributed by atoms with E-state index in [0.29, 0.717) is 6.04 Å².